The molecule has 1 amide bonds. The van der Waals surface area contributed by atoms with E-state index in [-0.39, 0.29) is 6.04 Å². The lowest BCUT2D eigenvalue weighted by molar-refractivity contribution is -0.130. The molecule has 98 valence electrons. The lowest BCUT2D eigenvalue weighted by atomic mass is 9.78. The van der Waals surface area contributed by atoms with Gasteiger partial charge in [-0.25, -0.2) is 0 Å². The Bertz CT molecular complexity index is 282. The van der Waals surface area contributed by atoms with Crippen molar-refractivity contribution in [3.63, 3.8) is 0 Å². The standard InChI is InChI=1S/C14H26N2O/c1-11(2)8-14(6-4-5-7-14)9-16-10-15-12(3)13(16)17/h11-12,15H,4-10H2,1-3H3. The van der Waals surface area contributed by atoms with E-state index < -0.39 is 0 Å². The third kappa shape index (κ3) is 2.82. The summed E-state index contributed by atoms with van der Waals surface area (Å²) in [6.45, 7) is 8.28. The van der Waals surface area contributed by atoms with Gasteiger partial charge in [-0.2, -0.15) is 0 Å². The summed E-state index contributed by atoms with van der Waals surface area (Å²) >= 11 is 0. The SMILES string of the molecule is CC(C)CC1(CN2CNC(C)C2=O)CCCC1. The first kappa shape index (κ1) is 12.9. The zero-order valence-corrected chi connectivity index (χ0v) is 11.5. The zero-order chi connectivity index (χ0) is 12.5. The van der Waals surface area contributed by atoms with Crippen LogP contribution in [0.2, 0.25) is 0 Å². The van der Waals surface area contributed by atoms with Gasteiger partial charge in [0.1, 0.15) is 0 Å². The van der Waals surface area contributed by atoms with E-state index in [1.807, 2.05) is 11.8 Å². The van der Waals surface area contributed by atoms with Gasteiger partial charge in [0.2, 0.25) is 5.91 Å². The fourth-order valence-corrected chi connectivity index (χ4v) is 3.64. The molecule has 17 heavy (non-hydrogen) atoms. The number of carbonyl (C=O) groups is 1. The van der Waals surface area contributed by atoms with Crippen LogP contribution >= 0.6 is 0 Å². The molecule has 0 spiro atoms. The first-order valence-electron chi connectivity index (χ1n) is 7.05. The Labute approximate surface area is 105 Å². The second kappa shape index (κ2) is 4.97. The number of hydrogen-bond donors (Lipinski definition) is 1. The molecule has 2 fully saturated rings. The van der Waals surface area contributed by atoms with Crippen molar-refractivity contribution in [1.82, 2.24) is 10.2 Å². The van der Waals surface area contributed by atoms with Crippen molar-refractivity contribution in [3.8, 4) is 0 Å². The molecule has 1 aliphatic heterocycles. The van der Waals surface area contributed by atoms with Crippen LogP contribution in [-0.4, -0.2) is 30.1 Å². The van der Waals surface area contributed by atoms with Gasteiger partial charge in [0.05, 0.1) is 12.7 Å². The maximum atomic E-state index is 12.0. The Morgan fingerprint density at radius 1 is 1.41 bits per heavy atom. The smallest absolute Gasteiger partial charge is 0.240 e. The lowest BCUT2D eigenvalue weighted by Gasteiger charge is -2.34. The Kier molecular flexibility index (Phi) is 3.76. The largest absolute Gasteiger partial charge is 0.328 e. The molecule has 1 heterocycles. The average Bonchev–Trinajstić information content (AvgIpc) is 2.80. The van der Waals surface area contributed by atoms with Crippen LogP contribution in [0.3, 0.4) is 0 Å². The van der Waals surface area contributed by atoms with Gasteiger partial charge in [0, 0.05) is 6.54 Å². The summed E-state index contributed by atoms with van der Waals surface area (Å²) in [7, 11) is 0. The van der Waals surface area contributed by atoms with Crippen molar-refractivity contribution >= 4 is 5.91 Å². The number of nitrogens with zero attached hydrogens (tertiary/aromatic N) is 1. The third-order valence-electron chi connectivity index (χ3n) is 4.30. The van der Waals surface area contributed by atoms with E-state index in [1.54, 1.807) is 0 Å². The van der Waals surface area contributed by atoms with E-state index in [0.717, 1.165) is 19.1 Å². The number of nitrogens with one attached hydrogen (secondary N) is 1. The van der Waals surface area contributed by atoms with Gasteiger partial charge >= 0.3 is 0 Å². The number of hydrogen-bond acceptors (Lipinski definition) is 2. The molecule has 2 rings (SSSR count). The van der Waals surface area contributed by atoms with Crippen LogP contribution in [0.5, 0.6) is 0 Å². The van der Waals surface area contributed by atoms with Crippen LogP contribution in [-0.2, 0) is 4.79 Å². The van der Waals surface area contributed by atoms with Gasteiger partial charge in [-0.05, 0) is 37.5 Å². The maximum absolute atomic E-state index is 12.0. The van der Waals surface area contributed by atoms with Crippen LogP contribution in [0.1, 0.15) is 52.9 Å². The molecular weight excluding hydrogens is 212 g/mol. The minimum atomic E-state index is 0.0208. The molecule has 0 aromatic heterocycles. The highest BCUT2D eigenvalue weighted by molar-refractivity contribution is 5.83. The Morgan fingerprint density at radius 3 is 2.53 bits per heavy atom. The number of amides is 1. The molecule has 2 aliphatic rings. The molecule has 1 atom stereocenters. The predicted molar refractivity (Wildman–Crippen MR) is 69.5 cm³/mol. The summed E-state index contributed by atoms with van der Waals surface area (Å²) in [5, 5.41) is 3.24. The van der Waals surface area contributed by atoms with Crippen LogP contribution < -0.4 is 5.32 Å². The minimum absolute atomic E-state index is 0.0208. The number of carbonyl (C=O) groups excluding carboxylic acids is 1. The van der Waals surface area contributed by atoms with Crippen molar-refractivity contribution < 1.29 is 4.79 Å². The molecule has 3 nitrogen and oxygen atoms in total. The molecule has 1 saturated heterocycles. The minimum Gasteiger partial charge on any atom is -0.328 e. The van der Waals surface area contributed by atoms with Crippen LogP contribution in [0, 0.1) is 11.3 Å². The molecule has 1 unspecified atom stereocenters. The summed E-state index contributed by atoms with van der Waals surface area (Å²) < 4.78 is 0. The second-order valence-electron chi connectivity index (χ2n) is 6.43. The van der Waals surface area contributed by atoms with E-state index in [1.165, 1.54) is 32.1 Å². The lowest BCUT2D eigenvalue weighted by Crippen LogP contribution is -2.39. The monoisotopic (exact) mass is 238 g/mol. The fraction of sp³-hybridized carbons (Fsp3) is 0.929. The van der Waals surface area contributed by atoms with Gasteiger partial charge < -0.3 is 4.90 Å². The van der Waals surface area contributed by atoms with Crippen molar-refractivity contribution in [2.24, 2.45) is 11.3 Å². The van der Waals surface area contributed by atoms with Gasteiger partial charge in [-0.1, -0.05) is 26.7 Å². The van der Waals surface area contributed by atoms with Crippen LogP contribution in [0.4, 0.5) is 0 Å². The third-order valence-corrected chi connectivity index (χ3v) is 4.30. The molecule has 0 radical (unpaired) electrons. The van der Waals surface area contributed by atoms with Gasteiger partial charge in [0.15, 0.2) is 0 Å². The van der Waals surface area contributed by atoms with E-state index in [4.69, 9.17) is 0 Å². The Balaban J connectivity index is 2.00. The fourth-order valence-electron chi connectivity index (χ4n) is 3.64. The van der Waals surface area contributed by atoms with Crippen molar-refractivity contribution in [2.45, 2.75) is 58.9 Å². The highest BCUT2D eigenvalue weighted by Crippen LogP contribution is 2.44. The molecule has 1 N–H and O–H groups in total. The highest BCUT2D eigenvalue weighted by atomic mass is 16.2. The maximum Gasteiger partial charge on any atom is 0.240 e. The second-order valence-corrected chi connectivity index (χ2v) is 6.43. The summed E-state index contributed by atoms with van der Waals surface area (Å²) in [4.78, 5) is 14.0. The molecule has 0 aromatic carbocycles. The zero-order valence-electron chi connectivity index (χ0n) is 11.5. The molecule has 1 saturated carbocycles. The van der Waals surface area contributed by atoms with Crippen molar-refractivity contribution in [3.05, 3.63) is 0 Å². The van der Waals surface area contributed by atoms with E-state index in [2.05, 4.69) is 19.2 Å². The van der Waals surface area contributed by atoms with E-state index in [0.29, 0.717) is 11.3 Å². The highest BCUT2D eigenvalue weighted by Gasteiger charge is 2.39. The first-order chi connectivity index (χ1) is 8.02. The normalized spacial score (nSPS) is 28.4. The Morgan fingerprint density at radius 2 is 2.06 bits per heavy atom. The summed E-state index contributed by atoms with van der Waals surface area (Å²) in [5.74, 6) is 1.02. The van der Waals surface area contributed by atoms with E-state index >= 15 is 0 Å². The van der Waals surface area contributed by atoms with Crippen molar-refractivity contribution in [1.29, 1.82) is 0 Å². The Hall–Kier alpha value is -0.570. The summed E-state index contributed by atoms with van der Waals surface area (Å²) in [6, 6.07) is 0.0208. The topological polar surface area (TPSA) is 32.3 Å². The number of rotatable bonds is 4. The average molecular weight is 238 g/mol. The van der Waals surface area contributed by atoms with E-state index in [9.17, 15) is 4.79 Å². The summed E-state index contributed by atoms with van der Waals surface area (Å²) in [6.07, 6.45) is 6.58. The van der Waals surface area contributed by atoms with Gasteiger partial charge in [-0.15, -0.1) is 0 Å². The molecule has 0 aromatic rings. The van der Waals surface area contributed by atoms with Gasteiger partial charge in [-0.3, -0.25) is 10.1 Å². The molecule has 1 aliphatic carbocycles. The first-order valence-corrected chi connectivity index (χ1v) is 7.05. The molecule has 0 bridgehead atoms. The van der Waals surface area contributed by atoms with Crippen LogP contribution in [0.15, 0.2) is 0 Å². The predicted octanol–water partition coefficient (Wildman–Crippen LogP) is 2.37. The van der Waals surface area contributed by atoms with Gasteiger partial charge in [0.25, 0.3) is 0 Å². The van der Waals surface area contributed by atoms with Crippen molar-refractivity contribution in [2.75, 3.05) is 13.2 Å². The molecule has 3 heteroatoms. The quantitative estimate of drug-likeness (QED) is 0.815. The molecular formula is C14H26N2O. The summed E-state index contributed by atoms with van der Waals surface area (Å²) in [5.41, 5.74) is 0.412. The van der Waals surface area contributed by atoms with Crippen LogP contribution in [0.25, 0.3) is 0 Å².